The fourth-order valence-electron chi connectivity index (χ4n) is 1.42. The van der Waals surface area contributed by atoms with E-state index in [0.717, 1.165) is 6.42 Å². The second kappa shape index (κ2) is 4.83. The molecule has 0 radical (unpaired) electrons. The van der Waals surface area contributed by atoms with E-state index in [1.807, 2.05) is 13.8 Å². The van der Waals surface area contributed by atoms with Crippen molar-refractivity contribution in [3.8, 4) is 0 Å². The first-order chi connectivity index (χ1) is 5.42. The van der Waals surface area contributed by atoms with Crippen molar-refractivity contribution in [1.29, 1.82) is 0 Å². The fraction of sp³-hybridized carbons (Fsp3) is 1.00. The lowest BCUT2D eigenvalue weighted by atomic mass is 9.83. The van der Waals surface area contributed by atoms with Crippen LogP contribution >= 0.6 is 0 Å². The van der Waals surface area contributed by atoms with E-state index in [0.29, 0.717) is 12.5 Å². The molecule has 12 heavy (non-hydrogen) atoms. The van der Waals surface area contributed by atoms with Gasteiger partial charge in [0.2, 0.25) is 0 Å². The van der Waals surface area contributed by atoms with Crippen LogP contribution in [0.3, 0.4) is 0 Å². The summed E-state index contributed by atoms with van der Waals surface area (Å²) in [5, 5.41) is 10.1. The lowest BCUT2D eigenvalue weighted by molar-refractivity contribution is -0.0772. The molecule has 74 valence electrons. The predicted octanol–water partition coefficient (Wildman–Crippen LogP) is 2.07. The maximum atomic E-state index is 10.1. The van der Waals surface area contributed by atoms with Gasteiger partial charge in [-0.1, -0.05) is 27.7 Å². The molecule has 0 rings (SSSR count). The maximum absolute atomic E-state index is 10.1. The zero-order valence-corrected chi connectivity index (χ0v) is 8.92. The summed E-state index contributed by atoms with van der Waals surface area (Å²) < 4.78 is 5.02. The third-order valence-corrected chi connectivity index (χ3v) is 2.23. The minimum absolute atomic E-state index is 0.250. The zero-order chi connectivity index (χ0) is 9.78. The molecule has 1 unspecified atom stereocenters. The number of hydrogen-bond donors (Lipinski definition) is 1. The van der Waals surface area contributed by atoms with Gasteiger partial charge >= 0.3 is 0 Å². The molecule has 0 fully saturated rings. The van der Waals surface area contributed by atoms with E-state index < -0.39 is 5.60 Å². The summed E-state index contributed by atoms with van der Waals surface area (Å²) in [6.45, 7) is 8.72. The highest BCUT2D eigenvalue weighted by atomic mass is 16.5. The highest BCUT2D eigenvalue weighted by molar-refractivity contribution is 4.82. The number of rotatable bonds is 5. The molecule has 2 nitrogen and oxygen atoms in total. The molecule has 0 aromatic heterocycles. The molecule has 0 spiro atoms. The Hall–Kier alpha value is -0.0800. The molecule has 0 aromatic carbocycles. The van der Waals surface area contributed by atoms with Crippen molar-refractivity contribution in [3.63, 3.8) is 0 Å². The van der Waals surface area contributed by atoms with Crippen LogP contribution < -0.4 is 0 Å². The predicted molar refractivity (Wildman–Crippen MR) is 51.1 cm³/mol. The van der Waals surface area contributed by atoms with Gasteiger partial charge in [-0.15, -0.1) is 0 Å². The van der Waals surface area contributed by atoms with Gasteiger partial charge in [-0.3, -0.25) is 0 Å². The van der Waals surface area contributed by atoms with Crippen LogP contribution in [0.15, 0.2) is 0 Å². The lowest BCUT2D eigenvalue weighted by Gasteiger charge is -2.33. The minimum atomic E-state index is -0.650. The van der Waals surface area contributed by atoms with Gasteiger partial charge in [0.25, 0.3) is 0 Å². The third-order valence-electron chi connectivity index (χ3n) is 2.23. The second-order valence-electron chi connectivity index (χ2n) is 4.29. The molecule has 1 N–H and O–H groups in total. The van der Waals surface area contributed by atoms with E-state index in [1.54, 1.807) is 7.11 Å². The van der Waals surface area contributed by atoms with Crippen LogP contribution in [0.1, 0.15) is 34.1 Å². The lowest BCUT2D eigenvalue weighted by Crippen LogP contribution is -2.41. The van der Waals surface area contributed by atoms with Gasteiger partial charge in [0.1, 0.15) is 0 Å². The van der Waals surface area contributed by atoms with Crippen LogP contribution in [0.4, 0.5) is 0 Å². The average molecular weight is 174 g/mol. The van der Waals surface area contributed by atoms with Crippen LogP contribution in [0.5, 0.6) is 0 Å². The Morgan fingerprint density at radius 1 is 1.25 bits per heavy atom. The zero-order valence-electron chi connectivity index (χ0n) is 8.92. The smallest absolute Gasteiger partial charge is 0.0905 e. The Labute approximate surface area is 75.9 Å². The first kappa shape index (κ1) is 11.9. The SMILES string of the molecule is COCC(O)(CC(C)C)C(C)C. The van der Waals surface area contributed by atoms with Crippen molar-refractivity contribution in [2.45, 2.75) is 39.7 Å². The molecule has 0 bridgehead atoms. The normalized spacial score (nSPS) is 17.0. The number of ether oxygens (including phenoxy) is 1. The Morgan fingerprint density at radius 3 is 2.00 bits per heavy atom. The molecule has 0 aliphatic heterocycles. The molecule has 0 heterocycles. The summed E-state index contributed by atoms with van der Waals surface area (Å²) in [6.07, 6.45) is 0.804. The van der Waals surface area contributed by atoms with Gasteiger partial charge in [-0.25, -0.2) is 0 Å². The van der Waals surface area contributed by atoms with Crippen molar-refractivity contribution in [2.24, 2.45) is 11.8 Å². The van der Waals surface area contributed by atoms with Gasteiger partial charge in [0.05, 0.1) is 12.2 Å². The van der Waals surface area contributed by atoms with Crippen LogP contribution in [0, 0.1) is 11.8 Å². The van der Waals surface area contributed by atoms with E-state index in [4.69, 9.17) is 4.74 Å². The summed E-state index contributed by atoms with van der Waals surface area (Å²) in [4.78, 5) is 0. The van der Waals surface area contributed by atoms with Gasteiger partial charge in [-0.05, 0) is 18.3 Å². The van der Waals surface area contributed by atoms with Crippen molar-refractivity contribution >= 4 is 0 Å². The number of hydrogen-bond acceptors (Lipinski definition) is 2. The largest absolute Gasteiger partial charge is 0.387 e. The van der Waals surface area contributed by atoms with Gasteiger partial charge < -0.3 is 9.84 Å². The Bertz CT molecular complexity index is 121. The standard InChI is InChI=1S/C10H22O2/c1-8(2)6-10(11,7-12-5)9(3)4/h8-9,11H,6-7H2,1-5H3. The van der Waals surface area contributed by atoms with Crippen molar-refractivity contribution < 1.29 is 9.84 Å². The molecule has 0 saturated heterocycles. The van der Waals surface area contributed by atoms with Crippen LogP contribution in [0.2, 0.25) is 0 Å². The van der Waals surface area contributed by atoms with Crippen LogP contribution in [-0.2, 0) is 4.74 Å². The summed E-state index contributed by atoms with van der Waals surface area (Å²) in [7, 11) is 1.63. The summed E-state index contributed by atoms with van der Waals surface area (Å²) in [5.74, 6) is 0.757. The minimum Gasteiger partial charge on any atom is -0.387 e. The molecular weight excluding hydrogens is 152 g/mol. The third kappa shape index (κ3) is 3.55. The number of methoxy groups -OCH3 is 1. The Balaban J connectivity index is 4.18. The summed E-state index contributed by atoms with van der Waals surface area (Å²) >= 11 is 0. The molecule has 1 atom stereocenters. The van der Waals surface area contributed by atoms with E-state index in [1.165, 1.54) is 0 Å². The summed E-state index contributed by atoms with van der Waals surface area (Å²) in [6, 6.07) is 0. The van der Waals surface area contributed by atoms with Crippen molar-refractivity contribution in [2.75, 3.05) is 13.7 Å². The monoisotopic (exact) mass is 174 g/mol. The second-order valence-corrected chi connectivity index (χ2v) is 4.29. The highest BCUT2D eigenvalue weighted by Gasteiger charge is 2.31. The van der Waals surface area contributed by atoms with Crippen LogP contribution in [-0.4, -0.2) is 24.4 Å². The van der Waals surface area contributed by atoms with E-state index in [9.17, 15) is 5.11 Å². The molecule has 0 saturated carbocycles. The quantitative estimate of drug-likeness (QED) is 0.691. The fourth-order valence-corrected chi connectivity index (χ4v) is 1.42. The van der Waals surface area contributed by atoms with E-state index >= 15 is 0 Å². The maximum Gasteiger partial charge on any atom is 0.0905 e. The molecule has 0 aliphatic rings. The number of aliphatic hydroxyl groups is 1. The molecule has 2 heteroatoms. The van der Waals surface area contributed by atoms with Crippen molar-refractivity contribution in [3.05, 3.63) is 0 Å². The first-order valence-electron chi connectivity index (χ1n) is 4.63. The van der Waals surface area contributed by atoms with Gasteiger partial charge in [-0.2, -0.15) is 0 Å². The Kier molecular flexibility index (Phi) is 4.80. The van der Waals surface area contributed by atoms with Gasteiger partial charge in [0.15, 0.2) is 0 Å². The molecular formula is C10H22O2. The van der Waals surface area contributed by atoms with E-state index in [-0.39, 0.29) is 5.92 Å². The summed E-state index contributed by atoms with van der Waals surface area (Å²) in [5.41, 5.74) is -0.650. The topological polar surface area (TPSA) is 29.5 Å². The molecule has 0 aromatic rings. The van der Waals surface area contributed by atoms with Crippen LogP contribution in [0.25, 0.3) is 0 Å². The first-order valence-corrected chi connectivity index (χ1v) is 4.63. The Morgan fingerprint density at radius 2 is 1.75 bits per heavy atom. The van der Waals surface area contributed by atoms with E-state index in [2.05, 4.69) is 13.8 Å². The van der Waals surface area contributed by atoms with Crippen molar-refractivity contribution in [1.82, 2.24) is 0 Å². The highest BCUT2D eigenvalue weighted by Crippen LogP contribution is 2.25. The average Bonchev–Trinajstić information content (AvgIpc) is 1.85. The molecule has 0 amide bonds. The molecule has 0 aliphatic carbocycles. The van der Waals surface area contributed by atoms with Gasteiger partial charge in [0, 0.05) is 7.11 Å².